The van der Waals surface area contributed by atoms with Crippen LogP contribution in [0, 0.1) is 6.92 Å². The van der Waals surface area contributed by atoms with E-state index in [2.05, 4.69) is 20.6 Å². The molecule has 0 aliphatic rings. The molecule has 5 rings (SSSR count). The maximum atomic E-state index is 12.4. The van der Waals surface area contributed by atoms with Crippen LogP contribution >= 0.6 is 0 Å². The molecule has 5 aromatic rings. The highest BCUT2D eigenvalue weighted by Crippen LogP contribution is 2.29. The Morgan fingerprint density at radius 1 is 0.938 bits per heavy atom. The third kappa shape index (κ3) is 3.65. The summed E-state index contributed by atoms with van der Waals surface area (Å²) >= 11 is 0. The molecule has 0 aliphatic carbocycles. The van der Waals surface area contributed by atoms with Gasteiger partial charge in [-0.15, -0.1) is 15.3 Å². The van der Waals surface area contributed by atoms with Gasteiger partial charge in [0.2, 0.25) is 0 Å². The van der Waals surface area contributed by atoms with Crippen LogP contribution < -0.4 is 5.32 Å². The number of hydrogen-bond acceptors (Lipinski definition) is 5. The number of aromatic nitrogens is 6. The Bertz CT molecular complexity index is 1420. The normalized spacial score (nSPS) is 11.3. The molecule has 0 radical (unpaired) electrons. The lowest BCUT2D eigenvalue weighted by atomic mass is 10.1. The fourth-order valence-electron chi connectivity index (χ4n) is 3.48. The molecule has 32 heavy (non-hydrogen) atoms. The quantitative estimate of drug-likeness (QED) is 0.467. The lowest BCUT2D eigenvalue weighted by Crippen LogP contribution is -2.16. The summed E-state index contributed by atoms with van der Waals surface area (Å²) in [5.74, 6) is 0.458. The Hall–Kier alpha value is -4.59. The average Bonchev–Trinajstić information content (AvgIpc) is 3.44. The highest BCUT2D eigenvalue weighted by atomic mass is 16.1. The number of benzene rings is 2. The van der Waals surface area contributed by atoms with Gasteiger partial charge in [0.15, 0.2) is 11.5 Å². The van der Waals surface area contributed by atoms with Crippen molar-refractivity contribution in [3.8, 4) is 17.1 Å². The van der Waals surface area contributed by atoms with Crippen LogP contribution in [0.15, 0.2) is 85.3 Å². The topological polar surface area (TPSA) is 90.0 Å². The largest absolute Gasteiger partial charge is 0.329 e. The molecule has 0 atom stereocenters. The third-order valence-corrected chi connectivity index (χ3v) is 5.02. The van der Waals surface area contributed by atoms with Crippen LogP contribution in [-0.2, 0) is 0 Å². The first kappa shape index (κ1) is 19.4. The van der Waals surface area contributed by atoms with Crippen molar-refractivity contribution in [1.82, 2.24) is 34.9 Å². The third-order valence-electron chi connectivity index (χ3n) is 5.02. The molecule has 0 bridgehead atoms. The molecule has 2 aromatic carbocycles. The molecule has 3 aromatic heterocycles. The Morgan fingerprint density at radius 3 is 2.47 bits per heavy atom. The van der Waals surface area contributed by atoms with E-state index >= 15 is 0 Å². The zero-order chi connectivity index (χ0) is 21.9. The van der Waals surface area contributed by atoms with Crippen LogP contribution in [0.4, 0.5) is 0 Å². The highest BCUT2D eigenvalue weighted by Gasteiger charge is 2.18. The summed E-state index contributed by atoms with van der Waals surface area (Å²) in [6.45, 7) is 1.93. The predicted octanol–water partition coefficient (Wildman–Crippen LogP) is 3.69. The van der Waals surface area contributed by atoms with Gasteiger partial charge in [-0.25, -0.2) is 4.68 Å². The van der Waals surface area contributed by atoms with Crippen molar-refractivity contribution in [3.63, 3.8) is 0 Å². The van der Waals surface area contributed by atoms with Crippen molar-refractivity contribution in [3.05, 3.63) is 102 Å². The Morgan fingerprint density at radius 2 is 1.69 bits per heavy atom. The lowest BCUT2D eigenvalue weighted by Gasteiger charge is -2.08. The minimum Gasteiger partial charge on any atom is -0.329 e. The summed E-state index contributed by atoms with van der Waals surface area (Å²) in [5.41, 5.74) is 4.79. The second-order valence-corrected chi connectivity index (χ2v) is 7.12. The lowest BCUT2D eigenvalue weighted by molar-refractivity contribution is 0.0970. The van der Waals surface area contributed by atoms with Gasteiger partial charge in [0.25, 0.3) is 5.91 Å². The first-order chi connectivity index (χ1) is 15.7. The van der Waals surface area contributed by atoms with E-state index in [1.165, 1.54) is 0 Å². The molecule has 0 fully saturated rings. The van der Waals surface area contributed by atoms with Gasteiger partial charge in [0.1, 0.15) is 6.33 Å². The van der Waals surface area contributed by atoms with E-state index in [-0.39, 0.29) is 5.91 Å². The van der Waals surface area contributed by atoms with Crippen LogP contribution in [0.25, 0.3) is 28.8 Å². The number of nitrogens with one attached hydrogen (secondary N) is 1. The molecule has 1 N–H and O–H groups in total. The van der Waals surface area contributed by atoms with Gasteiger partial charge in [-0.1, -0.05) is 48.5 Å². The maximum Gasteiger partial charge on any atom is 0.255 e. The first-order valence-electron chi connectivity index (χ1n) is 10.1. The summed E-state index contributed by atoms with van der Waals surface area (Å²) in [6.07, 6.45) is 5.06. The Labute approximate surface area is 183 Å². The zero-order valence-electron chi connectivity index (χ0n) is 17.3. The van der Waals surface area contributed by atoms with Crippen LogP contribution in [0.5, 0.6) is 0 Å². The van der Waals surface area contributed by atoms with Crippen molar-refractivity contribution in [2.24, 2.45) is 0 Å². The second kappa shape index (κ2) is 8.27. The van der Waals surface area contributed by atoms with Gasteiger partial charge in [-0.3, -0.25) is 4.79 Å². The Balaban J connectivity index is 1.56. The molecular weight excluding hydrogens is 402 g/mol. The van der Waals surface area contributed by atoms with E-state index in [0.29, 0.717) is 17.0 Å². The Kier molecular flexibility index (Phi) is 5.01. The van der Waals surface area contributed by atoms with Gasteiger partial charge < -0.3 is 5.32 Å². The molecule has 156 valence electrons. The molecule has 1 amide bonds. The van der Waals surface area contributed by atoms with E-state index < -0.39 is 0 Å². The minimum absolute atomic E-state index is 0.173. The van der Waals surface area contributed by atoms with Crippen LogP contribution in [0.1, 0.15) is 21.6 Å². The molecule has 0 saturated heterocycles. The smallest absolute Gasteiger partial charge is 0.255 e. The number of nitrogens with zero attached hydrogens (tertiary/aromatic N) is 6. The van der Waals surface area contributed by atoms with Gasteiger partial charge in [0.05, 0.1) is 11.4 Å². The average molecular weight is 421 g/mol. The zero-order valence-corrected chi connectivity index (χ0v) is 17.3. The van der Waals surface area contributed by atoms with Gasteiger partial charge in [-0.05, 0) is 37.3 Å². The van der Waals surface area contributed by atoms with Crippen LogP contribution in [0.2, 0.25) is 0 Å². The van der Waals surface area contributed by atoms with Crippen molar-refractivity contribution in [1.29, 1.82) is 0 Å². The van der Waals surface area contributed by atoms with Crippen LogP contribution in [-0.4, -0.2) is 35.5 Å². The number of aryl methyl sites for hydroxylation is 1. The van der Waals surface area contributed by atoms with Crippen LogP contribution in [0.3, 0.4) is 0 Å². The summed E-state index contributed by atoms with van der Waals surface area (Å²) in [7, 11) is 0. The fraction of sp³-hybridized carbons (Fsp3) is 0.0417. The summed E-state index contributed by atoms with van der Waals surface area (Å²) < 4.78 is 3.40. The summed E-state index contributed by atoms with van der Waals surface area (Å²) in [5, 5.41) is 20.1. The molecule has 0 spiro atoms. The maximum absolute atomic E-state index is 12.4. The number of rotatable bonds is 5. The van der Waals surface area contributed by atoms with E-state index in [0.717, 1.165) is 22.5 Å². The van der Waals surface area contributed by atoms with Crippen molar-refractivity contribution >= 4 is 17.6 Å². The van der Waals surface area contributed by atoms with E-state index in [1.54, 1.807) is 33.9 Å². The molecule has 0 aliphatic heterocycles. The molecular formula is C24H19N7O. The second-order valence-electron chi connectivity index (χ2n) is 7.12. The van der Waals surface area contributed by atoms with E-state index in [9.17, 15) is 4.79 Å². The number of hydrogen-bond donors (Lipinski definition) is 1. The van der Waals surface area contributed by atoms with Gasteiger partial charge >= 0.3 is 0 Å². The molecule has 3 heterocycles. The molecule has 8 heteroatoms. The summed E-state index contributed by atoms with van der Waals surface area (Å²) in [4.78, 5) is 12.4. The number of carbonyl (C=O) groups excluding carboxylic acids is 1. The number of carbonyl (C=O) groups is 1. The van der Waals surface area contributed by atoms with E-state index in [4.69, 9.17) is 5.10 Å². The SMILES string of the molecule is Cc1nn(-c2ccc3nncn3n2)c(-c2ccccc2)c1C=CNC(=O)c1ccccc1. The van der Waals surface area contributed by atoms with E-state index in [1.807, 2.05) is 73.7 Å². The first-order valence-corrected chi connectivity index (χ1v) is 10.1. The minimum atomic E-state index is -0.173. The molecule has 0 saturated carbocycles. The van der Waals surface area contributed by atoms with Crippen molar-refractivity contribution in [2.75, 3.05) is 0 Å². The van der Waals surface area contributed by atoms with Crippen molar-refractivity contribution < 1.29 is 4.79 Å². The van der Waals surface area contributed by atoms with Crippen molar-refractivity contribution in [2.45, 2.75) is 6.92 Å². The molecule has 8 nitrogen and oxygen atoms in total. The number of fused-ring (bicyclic) bond motifs is 1. The summed E-state index contributed by atoms with van der Waals surface area (Å²) in [6, 6.07) is 22.7. The highest BCUT2D eigenvalue weighted by molar-refractivity contribution is 5.95. The fourth-order valence-corrected chi connectivity index (χ4v) is 3.48. The standard InChI is InChI=1S/C24H19N7O/c1-17-20(14-15-25-24(32)19-10-6-3-7-11-19)23(18-8-4-2-5-9-18)31(28-17)22-13-12-21-27-26-16-30(21)29-22/h2-16H,1H3,(H,25,32). The predicted molar refractivity (Wildman–Crippen MR) is 121 cm³/mol. The number of amides is 1. The molecule has 0 unspecified atom stereocenters. The van der Waals surface area contributed by atoms with Gasteiger partial charge in [0, 0.05) is 22.9 Å². The van der Waals surface area contributed by atoms with Gasteiger partial charge in [-0.2, -0.15) is 9.61 Å². The monoisotopic (exact) mass is 421 g/mol.